The van der Waals surface area contributed by atoms with Gasteiger partial charge in [-0.25, -0.2) is 0 Å². The van der Waals surface area contributed by atoms with Crippen LogP contribution in [-0.2, 0) is 19.1 Å². The van der Waals surface area contributed by atoms with E-state index in [4.69, 9.17) is 9.47 Å². The topological polar surface area (TPSA) is 52.6 Å². The van der Waals surface area contributed by atoms with Crippen molar-refractivity contribution in [1.82, 2.24) is 0 Å². The predicted octanol–water partition coefficient (Wildman–Crippen LogP) is 4.65. The van der Waals surface area contributed by atoms with E-state index in [0.717, 1.165) is 38.5 Å². The fourth-order valence-electron chi connectivity index (χ4n) is 2.14. The zero-order valence-electron chi connectivity index (χ0n) is 14.9. The molecular weight excluding hydrogens is 280 g/mol. The number of hydrogen-bond acceptors (Lipinski definition) is 4. The molecule has 0 aromatic heterocycles. The molecule has 0 N–H and O–H groups in total. The molecule has 0 fully saturated rings. The third-order valence-electron chi connectivity index (χ3n) is 3.50. The zero-order valence-corrected chi connectivity index (χ0v) is 14.9. The number of esters is 2. The number of carbonyl (C=O) groups is 2. The van der Waals surface area contributed by atoms with Gasteiger partial charge in [-0.05, 0) is 38.5 Å². The van der Waals surface area contributed by atoms with Gasteiger partial charge in [0.15, 0.2) is 0 Å². The van der Waals surface area contributed by atoms with Gasteiger partial charge in [-0.15, -0.1) is 0 Å². The summed E-state index contributed by atoms with van der Waals surface area (Å²) in [5.41, 5.74) is 0. The Morgan fingerprint density at radius 2 is 1.55 bits per heavy atom. The molecule has 0 saturated carbocycles. The van der Waals surface area contributed by atoms with E-state index in [1.54, 1.807) is 0 Å². The van der Waals surface area contributed by atoms with Gasteiger partial charge in [0.05, 0.1) is 12.7 Å². The second kappa shape index (κ2) is 13.6. The van der Waals surface area contributed by atoms with Gasteiger partial charge in [0.1, 0.15) is 0 Å². The Bertz CT molecular complexity index is 299. The van der Waals surface area contributed by atoms with Gasteiger partial charge < -0.3 is 9.47 Å². The summed E-state index contributed by atoms with van der Waals surface area (Å²) < 4.78 is 10.4. The first-order chi connectivity index (χ1) is 10.5. The molecule has 0 spiro atoms. The van der Waals surface area contributed by atoms with Crippen molar-refractivity contribution in [2.45, 2.75) is 91.6 Å². The molecule has 0 amide bonds. The molecule has 0 aromatic carbocycles. The molecule has 0 heterocycles. The standard InChI is InChI=1S/C18H34O4/c1-5-6-7-14-21-17(19)12-9-13-18(20)22-16(4)11-8-10-15(2)3/h15-16H,5-14H2,1-4H3. The largest absolute Gasteiger partial charge is 0.466 e. The second-order valence-electron chi connectivity index (χ2n) is 6.41. The molecule has 0 radical (unpaired) electrons. The van der Waals surface area contributed by atoms with E-state index in [0.29, 0.717) is 31.8 Å². The summed E-state index contributed by atoms with van der Waals surface area (Å²) in [5.74, 6) is 0.260. The molecule has 0 aromatic rings. The zero-order chi connectivity index (χ0) is 16.8. The number of ether oxygens (including phenoxy) is 2. The van der Waals surface area contributed by atoms with Gasteiger partial charge in [-0.3, -0.25) is 9.59 Å². The van der Waals surface area contributed by atoms with E-state index in [9.17, 15) is 9.59 Å². The summed E-state index contributed by atoms with van der Waals surface area (Å²) in [4.78, 5) is 23.1. The van der Waals surface area contributed by atoms with E-state index in [1.165, 1.54) is 0 Å². The van der Waals surface area contributed by atoms with Crippen LogP contribution >= 0.6 is 0 Å². The highest BCUT2D eigenvalue weighted by atomic mass is 16.5. The maximum absolute atomic E-state index is 11.7. The summed E-state index contributed by atoms with van der Waals surface area (Å²) >= 11 is 0. The lowest BCUT2D eigenvalue weighted by molar-refractivity contribution is -0.149. The Labute approximate surface area is 135 Å². The first-order valence-electron chi connectivity index (χ1n) is 8.80. The fraction of sp³-hybridized carbons (Fsp3) is 0.889. The van der Waals surface area contributed by atoms with E-state index >= 15 is 0 Å². The SMILES string of the molecule is CCCCCOC(=O)CCCC(=O)OC(C)CCCC(C)C. The van der Waals surface area contributed by atoms with Crippen molar-refractivity contribution in [3.05, 3.63) is 0 Å². The molecule has 0 bridgehead atoms. The highest BCUT2D eigenvalue weighted by Crippen LogP contribution is 2.11. The van der Waals surface area contributed by atoms with Crippen LogP contribution in [0.2, 0.25) is 0 Å². The number of unbranched alkanes of at least 4 members (excludes halogenated alkanes) is 2. The lowest BCUT2D eigenvalue weighted by atomic mass is 10.0. The highest BCUT2D eigenvalue weighted by Gasteiger charge is 2.11. The fourth-order valence-corrected chi connectivity index (χ4v) is 2.14. The Hall–Kier alpha value is -1.06. The molecule has 0 rings (SSSR count). The van der Waals surface area contributed by atoms with Crippen LogP contribution in [0.1, 0.15) is 85.5 Å². The minimum absolute atomic E-state index is 0.0350. The van der Waals surface area contributed by atoms with Gasteiger partial charge in [0, 0.05) is 12.8 Å². The molecule has 130 valence electrons. The summed E-state index contributed by atoms with van der Waals surface area (Å²) in [6, 6.07) is 0. The number of rotatable bonds is 13. The van der Waals surface area contributed by atoms with Crippen LogP contribution in [0, 0.1) is 5.92 Å². The monoisotopic (exact) mass is 314 g/mol. The maximum atomic E-state index is 11.7. The van der Waals surface area contributed by atoms with E-state index in [-0.39, 0.29) is 18.0 Å². The van der Waals surface area contributed by atoms with Crippen LogP contribution in [0.5, 0.6) is 0 Å². The average Bonchev–Trinajstić information content (AvgIpc) is 2.43. The van der Waals surface area contributed by atoms with Crippen LogP contribution in [0.25, 0.3) is 0 Å². The third kappa shape index (κ3) is 13.9. The highest BCUT2D eigenvalue weighted by molar-refractivity contribution is 5.72. The molecule has 1 unspecified atom stereocenters. The van der Waals surface area contributed by atoms with E-state index < -0.39 is 0 Å². The molecule has 0 aliphatic heterocycles. The normalized spacial score (nSPS) is 12.2. The Morgan fingerprint density at radius 3 is 2.18 bits per heavy atom. The predicted molar refractivity (Wildman–Crippen MR) is 88.6 cm³/mol. The smallest absolute Gasteiger partial charge is 0.306 e. The molecule has 0 aliphatic carbocycles. The molecule has 0 saturated heterocycles. The quantitative estimate of drug-likeness (QED) is 0.367. The summed E-state index contributed by atoms with van der Waals surface area (Å²) in [5, 5.41) is 0. The summed E-state index contributed by atoms with van der Waals surface area (Å²) in [7, 11) is 0. The lowest BCUT2D eigenvalue weighted by Crippen LogP contribution is -2.15. The van der Waals surface area contributed by atoms with Gasteiger partial charge in [0.2, 0.25) is 0 Å². The molecule has 22 heavy (non-hydrogen) atoms. The third-order valence-corrected chi connectivity index (χ3v) is 3.50. The summed E-state index contributed by atoms with van der Waals surface area (Å²) in [6.07, 6.45) is 7.30. The van der Waals surface area contributed by atoms with Crippen LogP contribution < -0.4 is 0 Å². The van der Waals surface area contributed by atoms with Crippen LogP contribution in [-0.4, -0.2) is 24.6 Å². The van der Waals surface area contributed by atoms with Crippen molar-refractivity contribution < 1.29 is 19.1 Å². The van der Waals surface area contributed by atoms with E-state index in [2.05, 4.69) is 20.8 Å². The van der Waals surface area contributed by atoms with Crippen molar-refractivity contribution >= 4 is 11.9 Å². The molecule has 4 heteroatoms. The first-order valence-corrected chi connectivity index (χ1v) is 8.80. The van der Waals surface area contributed by atoms with E-state index in [1.807, 2.05) is 6.92 Å². The maximum Gasteiger partial charge on any atom is 0.306 e. The lowest BCUT2D eigenvalue weighted by Gasteiger charge is -2.13. The van der Waals surface area contributed by atoms with Crippen molar-refractivity contribution in [2.75, 3.05) is 6.61 Å². The Morgan fingerprint density at radius 1 is 0.864 bits per heavy atom. The van der Waals surface area contributed by atoms with Crippen LogP contribution in [0.3, 0.4) is 0 Å². The van der Waals surface area contributed by atoms with Crippen molar-refractivity contribution in [1.29, 1.82) is 0 Å². The Balaban J connectivity index is 3.57. The molecule has 4 nitrogen and oxygen atoms in total. The van der Waals surface area contributed by atoms with Crippen molar-refractivity contribution in [2.24, 2.45) is 5.92 Å². The second-order valence-corrected chi connectivity index (χ2v) is 6.41. The van der Waals surface area contributed by atoms with Gasteiger partial charge in [0.25, 0.3) is 0 Å². The molecule has 1 atom stereocenters. The van der Waals surface area contributed by atoms with Gasteiger partial charge >= 0.3 is 11.9 Å². The van der Waals surface area contributed by atoms with Crippen LogP contribution in [0.4, 0.5) is 0 Å². The van der Waals surface area contributed by atoms with Gasteiger partial charge in [-0.1, -0.05) is 40.0 Å². The van der Waals surface area contributed by atoms with Crippen LogP contribution in [0.15, 0.2) is 0 Å². The number of hydrogen-bond donors (Lipinski definition) is 0. The minimum atomic E-state index is -0.214. The minimum Gasteiger partial charge on any atom is -0.466 e. The number of carbonyl (C=O) groups excluding carboxylic acids is 2. The first kappa shape index (κ1) is 20.9. The molecule has 0 aliphatic rings. The van der Waals surface area contributed by atoms with Crippen molar-refractivity contribution in [3.63, 3.8) is 0 Å². The Kier molecular flexibility index (Phi) is 12.9. The van der Waals surface area contributed by atoms with Gasteiger partial charge in [-0.2, -0.15) is 0 Å². The average molecular weight is 314 g/mol. The molecular formula is C18H34O4. The van der Waals surface area contributed by atoms with Crippen molar-refractivity contribution in [3.8, 4) is 0 Å². The summed E-state index contributed by atoms with van der Waals surface area (Å²) in [6.45, 7) is 8.91.